The quantitative estimate of drug-likeness (QED) is 0.528. The van der Waals surface area contributed by atoms with Crippen LogP contribution in [0.2, 0.25) is 0 Å². The van der Waals surface area contributed by atoms with Crippen LogP contribution in [0.3, 0.4) is 0 Å². The number of nitrogens with zero attached hydrogens (tertiary/aromatic N) is 1. The molecule has 1 heterocycles. The number of carbonyl (C=O) groups excluding carboxylic acids is 1. The molecule has 1 atom stereocenters. The fraction of sp³-hybridized carbons (Fsp3) is 0.696. The number of rotatable bonds is 11. The lowest BCUT2D eigenvalue weighted by atomic mass is 10.0. The molecular formula is C23H37ClN2O4. The molecule has 1 saturated heterocycles. The standard InChI is InChI=1S/C23H36N2O4.ClH/c1-17(2)25(20-6-4-11-24-15-20)23(26)19-9-10-21(29-16-18-7-8-18)22(14-19)28-13-5-12-27-3;/h9-10,14,17-18,20,24H,4-8,11-13,15-16H2,1-3H3;1H/t20-;/m1./s1. The molecule has 1 aromatic carbocycles. The van der Waals surface area contributed by atoms with Crippen molar-refractivity contribution in [3.05, 3.63) is 23.8 Å². The minimum Gasteiger partial charge on any atom is -0.490 e. The molecule has 30 heavy (non-hydrogen) atoms. The molecule has 1 aliphatic carbocycles. The number of amides is 1. The third-order valence-electron chi connectivity index (χ3n) is 5.57. The normalized spacial score (nSPS) is 18.6. The molecule has 0 unspecified atom stereocenters. The van der Waals surface area contributed by atoms with E-state index >= 15 is 0 Å². The van der Waals surface area contributed by atoms with Gasteiger partial charge in [0, 0.05) is 44.3 Å². The fourth-order valence-electron chi connectivity index (χ4n) is 3.79. The summed E-state index contributed by atoms with van der Waals surface area (Å²) >= 11 is 0. The molecule has 1 aromatic rings. The first-order valence-electron chi connectivity index (χ1n) is 11.0. The van der Waals surface area contributed by atoms with Crippen LogP contribution >= 0.6 is 12.4 Å². The molecule has 1 saturated carbocycles. The molecule has 0 radical (unpaired) electrons. The van der Waals surface area contributed by atoms with E-state index in [1.165, 1.54) is 12.8 Å². The lowest BCUT2D eigenvalue weighted by molar-refractivity contribution is 0.0573. The van der Waals surface area contributed by atoms with Gasteiger partial charge in [-0.3, -0.25) is 4.79 Å². The molecule has 2 fully saturated rings. The molecule has 1 amide bonds. The summed E-state index contributed by atoms with van der Waals surface area (Å²) in [6.07, 6.45) is 5.41. The number of hydrogen-bond donors (Lipinski definition) is 1. The van der Waals surface area contributed by atoms with Crippen molar-refractivity contribution in [1.82, 2.24) is 10.2 Å². The number of ether oxygens (including phenoxy) is 3. The van der Waals surface area contributed by atoms with E-state index in [0.717, 1.165) is 38.1 Å². The minimum absolute atomic E-state index is 0. The van der Waals surface area contributed by atoms with Gasteiger partial charge in [0.25, 0.3) is 5.91 Å². The Labute approximate surface area is 187 Å². The van der Waals surface area contributed by atoms with Gasteiger partial charge < -0.3 is 24.4 Å². The van der Waals surface area contributed by atoms with Gasteiger partial charge in [-0.15, -0.1) is 12.4 Å². The van der Waals surface area contributed by atoms with Gasteiger partial charge in [0.1, 0.15) is 0 Å². The number of nitrogens with one attached hydrogen (secondary N) is 1. The molecule has 1 aliphatic heterocycles. The van der Waals surface area contributed by atoms with Crippen LogP contribution in [0, 0.1) is 5.92 Å². The molecule has 0 aromatic heterocycles. The van der Waals surface area contributed by atoms with Gasteiger partial charge in [-0.05, 0) is 70.2 Å². The van der Waals surface area contributed by atoms with E-state index in [4.69, 9.17) is 14.2 Å². The summed E-state index contributed by atoms with van der Waals surface area (Å²) in [5.41, 5.74) is 0.657. The second-order valence-electron chi connectivity index (χ2n) is 8.42. The molecule has 170 valence electrons. The van der Waals surface area contributed by atoms with Gasteiger partial charge in [0.15, 0.2) is 11.5 Å². The van der Waals surface area contributed by atoms with E-state index in [1.54, 1.807) is 7.11 Å². The summed E-state index contributed by atoms with van der Waals surface area (Å²) < 4.78 is 17.1. The van der Waals surface area contributed by atoms with Gasteiger partial charge in [0.2, 0.25) is 0 Å². The summed E-state index contributed by atoms with van der Waals surface area (Å²) in [4.78, 5) is 15.4. The predicted octanol–water partition coefficient (Wildman–Crippen LogP) is 3.92. The smallest absolute Gasteiger partial charge is 0.254 e. The van der Waals surface area contributed by atoms with Crippen LogP contribution in [0.5, 0.6) is 11.5 Å². The highest BCUT2D eigenvalue weighted by Crippen LogP contribution is 2.34. The zero-order chi connectivity index (χ0) is 20.6. The average molecular weight is 441 g/mol. The lowest BCUT2D eigenvalue weighted by Crippen LogP contribution is -2.51. The first-order valence-corrected chi connectivity index (χ1v) is 11.0. The number of halogens is 1. The highest BCUT2D eigenvalue weighted by Gasteiger charge is 2.29. The maximum Gasteiger partial charge on any atom is 0.254 e. The van der Waals surface area contributed by atoms with Crippen molar-refractivity contribution in [2.24, 2.45) is 5.92 Å². The summed E-state index contributed by atoms with van der Waals surface area (Å²) in [6, 6.07) is 5.98. The first kappa shape index (κ1) is 24.8. The van der Waals surface area contributed by atoms with Crippen LogP contribution < -0.4 is 14.8 Å². The van der Waals surface area contributed by atoms with Gasteiger partial charge in [-0.25, -0.2) is 0 Å². The van der Waals surface area contributed by atoms with Crippen LogP contribution in [0.25, 0.3) is 0 Å². The monoisotopic (exact) mass is 440 g/mol. The number of carbonyl (C=O) groups is 1. The largest absolute Gasteiger partial charge is 0.490 e. The number of benzene rings is 1. The molecule has 3 rings (SSSR count). The van der Waals surface area contributed by atoms with Crippen LogP contribution in [-0.2, 0) is 4.74 Å². The van der Waals surface area contributed by atoms with E-state index in [2.05, 4.69) is 19.2 Å². The third-order valence-corrected chi connectivity index (χ3v) is 5.57. The van der Waals surface area contributed by atoms with Gasteiger partial charge >= 0.3 is 0 Å². The van der Waals surface area contributed by atoms with Crippen molar-refractivity contribution in [2.75, 3.05) is 40.0 Å². The maximum absolute atomic E-state index is 13.4. The first-order chi connectivity index (χ1) is 14.1. The minimum atomic E-state index is 0. The van der Waals surface area contributed by atoms with E-state index in [1.807, 2.05) is 23.1 Å². The Kier molecular flexibility index (Phi) is 10.2. The maximum atomic E-state index is 13.4. The predicted molar refractivity (Wildman–Crippen MR) is 121 cm³/mol. The molecule has 1 N–H and O–H groups in total. The molecule has 7 heteroatoms. The Balaban J connectivity index is 0.00000320. The number of hydrogen-bond acceptors (Lipinski definition) is 5. The summed E-state index contributed by atoms with van der Waals surface area (Å²) in [5, 5.41) is 3.42. The summed E-state index contributed by atoms with van der Waals surface area (Å²) in [7, 11) is 1.68. The van der Waals surface area contributed by atoms with Crippen LogP contribution in [0.1, 0.15) is 56.3 Å². The molecule has 2 aliphatic rings. The van der Waals surface area contributed by atoms with E-state index in [9.17, 15) is 4.79 Å². The van der Waals surface area contributed by atoms with Crippen LogP contribution in [0.4, 0.5) is 0 Å². The molecule has 0 bridgehead atoms. The Morgan fingerprint density at radius 1 is 1.17 bits per heavy atom. The number of piperidine rings is 1. The van der Waals surface area contributed by atoms with E-state index in [-0.39, 0.29) is 30.4 Å². The Morgan fingerprint density at radius 3 is 2.60 bits per heavy atom. The zero-order valence-corrected chi connectivity index (χ0v) is 19.3. The van der Waals surface area contributed by atoms with Crippen molar-refractivity contribution in [2.45, 2.75) is 58.0 Å². The Morgan fingerprint density at radius 2 is 1.97 bits per heavy atom. The lowest BCUT2D eigenvalue weighted by Gasteiger charge is -2.37. The van der Waals surface area contributed by atoms with Crippen molar-refractivity contribution in [1.29, 1.82) is 0 Å². The highest BCUT2D eigenvalue weighted by molar-refractivity contribution is 5.95. The van der Waals surface area contributed by atoms with Crippen molar-refractivity contribution >= 4 is 18.3 Å². The molecule has 0 spiro atoms. The second kappa shape index (κ2) is 12.4. The zero-order valence-electron chi connectivity index (χ0n) is 18.5. The highest BCUT2D eigenvalue weighted by atomic mass is 35.5. The fourth-order valence-corrected chi connectivity index (χ4v) is 3.79. The topological polar surface area (TPSA) is 60.0 Å². The van der Waals surface area contributed by atoms with Crippen LogP contribution in [-0.4, -0.2) is 62.9 Å². The van der Waals surface area contributed by atoms with Crippen molar-refractivity contribution in [3.8, 4) is 11.5 Å². The second-order valence-corrected chi connectivity index (χ2v) is 8.42. The summed E-state index contributed by atoms with van der Waals surface area (Å²) in [6.45, 7) is 7.95. The summed E-state index contributed by atoms with van der Waals surface area (Å²) in [5.74, 6) is 2.09. The molecular weight excluding hydrogens is 404 g/mol. The SMILES string of the molecule is COCCCOc1cc(C(=O)N(C(C)C)[C@@H]2CCCNC2)ccc1OCC1CC1.Cl. The Hall–Kier alpha value is -1.50. The average Bonchev–Trinajstić information content (AvgIpc) is 3.55. The Bertz CT molecular complexity index is 661. The third kappa shape index (κ3) is 7.03. The van der Waals surface area contributed by atoms with Crippen LogP contribution in [0.15, 0.2) is 18.2 Å². The van der Waals surface area contributed by atoms with Gasteiger partial charge in [-0.1, -0.05) is 0 Å². The van der Waals surface area contributed by atoms with Crippen molar-refractivity contribution < 1.29 is 19.0 Å². The van der Waals surface area contributed by atoms with E-state index < -0.39 is 0 Å². The van der Waals surface area contributed by atoms with Gasteiger partial charge in [-0.2, -0.15) is 0 Å². The number of methoxy groups -OCH3 is 1. The van der Waals surface area contributed by atoms with Crippen molar-refractivity contribution in [3.63, 3.8) is 0 Å². The van der Waals surface area contributed by atoms with Gasteiger partial charge in [0.05, 0.1) is 13.2 Å². The van der Waals surface area contributed by atoms with E-state index in [0.29, 0.717) is 37.1 Å². The molecule has 6 nitrogen and oxygen atoms in total.